The van der Waals surface area contributed by atoms with Crippen LogP contribution in [0, 0.1) is 11.3 Å². The first-order valence-electron chi connectivity index (χ1n) is 8.44. The summed E-state index contributed by atoms with van der Waals surface area (Å²) in [5.74, 6) is 0.851. The van der Waals surface area contributed by atoms with E-state index in [1.807, 2.05) is 72.4 Å². The molecule has 0 bridgehead atoms. The van der Waals surface area contributed by atoms with Crippen molar-refractivity contribution in [2.75, 3.05) is 0 Å². The predicted molar refractivity (Wildman–Crippen MR) is 117 cm³/mol. The Kier molecular flexibility index (Phi) is 7.01. The molecule has 4 heteroatoms. The zero-order valence-corrected chi connectivity index (χ0v) is 16.8. The Morgan fingerprint density at radius 3 is 2.04 bits per heavy atom. The molecule has 0 amide bonds. The second-order valence-corrected chi connectivity index (χ2v) is 8.01. The first-order chi connectivity index (χ1) is 13.1. The molecule has 0 N–H and O–H groups in total. The highest BCUT2D eigenvalue weighted by Crippen LogP contribution is 2.34. The molecule has 0 aliphatic carbocycles. The van der Waals surface area contributed by atoms with E-state index in [-0.39, 0.29) is 5.25 Å². The first kappa shape index (κ1) is 19.6. The largest absolute Gasteiger partial charge is 0.192 e. The summed E-state index contributed by atoms with van der Waals surface area (Å²) in [4.78, 5) is 0. The Balaban J connectivity index is 1.77. The fourth-order valence-electron chi connectivity index (χ4n) is 2.55. The summed E-state index contributed by atoms with van der Waals surface area (Å²) in [6, 6.07) is 25.6. The normalized spacial score (nSPS) is 12.0. The Bertz CT molecular complexity index is 940. The maximum Gasteiger partial charge on any atom is 0.0991 e. The number of benzene rings is 3. The van der Waals surface area contributed by atoms with Crippen LogP contribution in [0.15, 0.2) is 78.9 Å². The van der Waals surface area contributed by atoms with Crippen LogP contribution in [0.4, 0.5) is 0 Å². The highest BCUT2D eigenvalue weighted by atomic mass is 35.5. The monoisotopic (exact) mass is 409 g/mol. The summed E-state index contributed by atoms with van der Waals surface area (Å²) in [5, 5.41) is 10.6. The molecule has 0 aliphatic rings. The summed E-state index contributed by atoms with van der Waals surface area (Å²) in [6.07, 6.45) is 4.31. The third-order valence-electron chi connectivity index (χ3n) is 4.04. The van der Waals surface area contributed by atoms with Gasteiger partial charge in [0.05, 0.1) is 11.6 Å². The lowest BCUT2D eigenvalue weighted by molar-refractivity contribution is 1.22. The predicted octanol–water partition coefficient (Wildman–Crippen LogP) is 7.55. The van der Waals surface area contributed by atoms with Gasteiger partial charge in [0.2, 0.25) is 0 Å². The van der Waals surface area contributed by atoms with Crippen molar-refractivity contribution in [2.45, 2.75) is 11.0 Å². The lowest BCUT2D eigenvalue weighted by Gasteiger charge is -2.14. The van der Waals surface area contributed by atoms with Crippen molar-refractivity contribution in [3.8, 4) is 6.07 Å². The van der Waals surface area contributed by atoms with Gasteiger partial charge in [0.1, 0.15) is 0 Å². The Morgan fingerprint density at radius 1 is 0.852 bits per heavy atom. The fraction of sp³-hybridized carbons (Fsp3) is 0.0870. The van der Waals surface area contributed by atoms with Gasteiger partial charge >= 0.3 is 0 Å². The van der Waals surface area contributed by atoms with Crippen molar-refractivity contribution in [1.29, 1.82) is 5.26 Å². The molecule has 0 spiro atoms. The first-order valence-corrected chi connectivity index (χ1v) is 10.2. The van der Waals surface area contributed by atoms with Crippen molar-refractivity contribution in [2.24, 2.45) is 0 Å². The second kappa shape index (κ2) is 9.67. The van der Waals surface area contributed by atoms with E-state index in [9.17, 15) is 0 Å². The zero-order chi connectivity index (χ0) is 19.1. The van der Waals surface area contributed by atoms with E-state index in [0.717, 1.165) is 21.4 Å². The molecule has 0 saturated carbocycles. The van der Waals surface area contributed by atoms with Crippen LogP contribution in [0.1, 0.15) is 27.5 Å². The molecule has 1 unspecified atom stereocenters. The van der Waals surface area contributed by atoms with Crippen molar-refractivity contribution < 1.29 is 0 Å². The number of rotatable bonds is 6. The standard InChI is InChI=1S/C23H17Cl2NS/c24-21-10-5-17(6-11-21)7-14-23(20-8-12-22(25)13-9-20)27-16-19-3-1-18(15-26)2-4-19/h1-14,23H,16H2/b14-7+. The lowest BCUT2D eigenvalue weighted by Crippen LogP contribution is -1.92. The molecule has 0 aliphatic heterocycles. The summed E-state index contributed by atoms with van der Waals surface area (Å²) >= 11 is 13.8. The van der Waals surface area contributed by atoms with Crippen molar-refractivity contribution in [3.05, 3.63) is 111 Å². The van der Waals surface area contributed by atoms with Gasteiger partial charge < -0.3 is 0 Å². The van der Waals surface area contributed by atoms with E-state index in [4.69, 9.17) is 28.5 Å². The molecule has 27 heavy (non-hydrogen) atoms. The smallest absolute Gasteiger partial charge is 0.0991 e. The Hall–Kier alpha value is -2.18. The minimum atomic E-state index is 0.189. The molecule has 0 aromatic heterocycles. The Labute approximate surface area is 174 Å². The van der Waals surface area contributed by atoms with Gasteiger partial charge in [-0.25, -0.2) is 0 Å². The third kappa shape index (κ3) is 5.91. The summed E-state index contributed by atoms with van der Waals surface area (Å²) < 4.78 is 0. The molecule has 134 valence electrons. The highest BCUT2D eigenvalue weighted by molar-refractivity contribution is 7.98. The highest BCUT2D eigenvalue weighted by Gasteiger charge is 2.09. The van der Waals surface area contributed by atoms with Gasteiger partial charge in [0, 0.05) is 21.0 Å². The molecule has 1 atom stereocenters. The quantitative estimate of drug-likeness (QED) is 0.419. The number of hydrogen-bond acceptors (Lipinski definition) is 2. The van der Waals surface area contributed by atoms with Gasteiger partial charge in [0.25, 0.3) is 0 Å². The fourth-order valence-corrected chi connectivity index (χ4v) is 3.90. The lowest BCUT2D eigenvalue weighted by atomic mass is 10.1. The molecule has 1 nitrogen and oxygen atoms in total. The van der Waals surface area contributed by atoms with Gasteiger partial charge in [0.15, 0.2) is 0 Å². The van der Waals surface area contributed by atoms with Crippen LogP contribution in [0.2, 0.25) is 10.0 Å². The van der Waals surface area contributed by atoms with Gasteiger partial charge in [-0.1, -0.05) is 71.8 Å². The number of halogens is 2. The average molecular weight is 410 g/mol. The zero-order valence-electron chi connectivity index (χ0n) is 14.5. The summed E-state index contributed by atoms with van der Waals surface area (Å²) in [5.41, 5.74) is 4.18. The number of nitrogens with zero attached hydrogens (tertiary/aromatic N) is 1. The maximum absolute atomic E-state index is 8.93. The van der Waals surface area contributed by atoms with E-state index >= 15 is 0 Å². The van der Waals surface area contributed by atoms with Crippen LogP contribution in [-0.4, -0.2) is 0 Å². The van der Waals surface area contributed by atoms with Crippen LogP contribution in [-0.2, 0) is 5.75 Å². The van der Waals surface area contributed by atoms with Crippen molar-refractivity contribution in [3.63, 3.8) is 0 Å². The van der Waals surface area contributed by atoms with Crippen LogP contribution in [0.3, 0.4) is 0 Å². The van der Waals surface area contributed by atoms with E-state index in [0.29, 0.717) is 5.56 Å². The molecule has 0 saturated heterocycles. The average Bonchev–Trinajstić information content (AvgIpc) is 2.70. The van der Waals surface area contributed by atoms with E-state index in [2.05, 4.69) is 30.4 Å². The molecule has 3 aromatic rings. The van der Waals surface area contributed by atoms with Gasteiger partial charge in [-0.3, -0.25) is 0 Å². The van der Waals surface area contributed by atoms with E-state index in [1.54, 1.807) is 0 Å². The second-order valence-electron chi connectivity index (χ2n) is 6.00. The van der Waals surface area contributed by atoms with Crippen LogP contribution >= 0.6 is 35.0 Å². The number of hydrogen-bond donors (Lipinski definition) is 0. The van der Waals surface area contributed by atoms with Gasteiger partial charge in [-0.05, 0) is 53.1 Å². The SMILES string of the molecule is N#Cc1ccc(CSC(/C=C/c2ccc(Cl)cc2)c2ccc(Cl)cc2)cc1. The molecule has 0 radical (unpaired) electrons. The van der Waals surface area contributed by atoms with Gasteiger partial charge in [-0.15, -0.1) is 11.8 Å². The minimum absolute atomic E-state index is 0.189. The molecule has 0 heterocycles. The molecule has 3 aromatic carbocycles. The van der Waals surface area contributed by atoms with E-state index < -0.39 is 0 Å². The number of nitriles is 1. The molecule has 3 rings (SSSR count). The number of thioether (sulfide) groups is 1. The maximum atomic E-state index is 8.93. The molecular formula is C23H17Cl2NS. The van der Waals surface area contributed by atoms with Crippen molar-refractivity contribution in [1.82, 2.24) is 0 Å². The van der Waals surface area contributed by atoms with Crippen LogP contribution in [0.25, 0.3) is 6.08 Å². The van der Waals surface area contributed by atoms with Crippen molar-refractivity contribution >= 4 is 41.0 Å². The summed E-state index contributed by atoms with van der Waals surface area (Å²) in [6.45, 7) is 0. The molecular weight excluding hydrogens is 393 g/mol. The van der Waals surface area contributed by atoms with Crippen LogP contribution in [0.5, 0.6) is 0 Å². The van der Waals surface area contributed by atoms with Crippen LogP contribution < -0.4 is 0 Å². The minimum Gasteiger partial charge on any atom is -0.192 e. The Morgan fingerprint density at radius 2 is 1.44 bits per heavy atom. The van der Waals surface area contributed by atoms with E-state index in [1.165, 1.54) is 11.1 Å². The topological polar surface area (TPSA) is 23.8 Å². The summed E-state index contributed by atoms with van der Waals surface area (Å²) in [7, 11) is 0. The van der Waals surface area contributed by atoms with Gasteiger partial charge in [-0.2, -0.15) is 5.26 Å². The molecule has 0 fully saturated rings. The third-order valence-corrected chi connectivity index (χ3v) is 5.84.